The van der Waals surface area contributed by atoms with Gasteiger partial charge in [0, 0.05) is 6.20 Å². The molecule has 1 atom stereocenters. The molecule has 2 rings (SSSR count). The summed E-state index contributed by atoms with van der Waals surface area (Å²) in [5, 5.41) is 4.16. The highest BCUT2D eigenvalue weighted by Crippen LogP contribution is 2.05. The highest BCUT2D eigenvalue weighted by atomic mass is 79.9. The van der Waals surface area contributed by atoms with Crippen molar-refractivity contribution in [1.82, 2.24) is 9.78 Å². The van der Waals surface area contributed by atoms with E-state index in [1.165, 1.54) is 5.56 Å². The number of halogens is 1. The van der Waals surface area contributed by atoms with E-state index in [2.05, 4.69) is 33.2 Å². The first-order valence-corrected chi connectivity index (χ1v) is 8.52. The summed E-state index contributed by atoms with van der Waals surface area (Å²) in [6.45, 7) is 5.70. The molecule has 0 bridgehead atoms. The third kappa shape index (κ3) is 7.74. The maximum Gasteiger partial charge on any atom is 0.0781 e. The third-order valence-electron chi connectivity index (χ3n) is 3.16. The highest BCUT2D eigenvalue weighted by Gasteiger charge is 2.03. The van der Waals surface area contributed by atoms with Crippen LogP contribution in [0.4, 0.5) is 0 Å². The minimum atomic E-state index is 0.0596. The van der Waals surface area contributed by atoms with Gasteiger partial charge < -0.3 is 14.2 Å². The van der Waals surface area contributed by atoms with E-state index in [-0.39, 0.29) is 6.10 Å². The highest BCUT2D eigenvalue weighted by molar-refractivity contribution is 9.10. The maximum atomic E-state index is 5.66. The van der Waals surface area contributed by atoms with Gasteiger partial charge in [0.15, 0.2) is 0 Å². The molecular weight excluding hydrogens is 360 g/mol. The zero-order valence-electron chi connectivity index (χ0n) is 13.4. The number of rotatable bonds is 11. The lowest BCUT2D eigenvalue weighted by molar-refractivity contribution is -0.0342. The molecule has 0 N–H and O–H groups in total. The molecule has 0 amide bonds. The Morgan fingerprint density at radius 3 is 2.70 bits per heavy atom. The third-order valence-corrected chi connectivity index (χ3v) is 3.57. The lowest BCUT2D eigenvalue weighted by atomic mass is 10.2. The fourth-order valence-corrected chi connectivity index (χ4v) is 2.32. The predicted molar refractivity (Wildman–Crippen MR) is 92.3 cm³/mol. The molecule has 0 radical (unpaired) electrons. The SMILES string of the molecule is C[C@@H](COCc1ccccc1)OCCOCCn1cc(Br)cn1. The fourth-order valence-electron chi connectivity index (χ4n) is 1.99. The van der Waals surface area contributed by atoms with Crippen molar-refractivity contribution in [2.45, 2.75) is 26.2 Å². The Balaban J connectivity index is 1.44. The molecule has 1 aromatic carbocycles. The normalized spacial score (nSPS) is 12.4. The Bertz CT molecular complexity index is 548. The molecule has 0 saturated carbocycles. The molecule has 2 aromatic rings. The van der Waals surface area contributed by atoms with Crippen LogP contribution in [0.2, 0.25) is 0 Å². The second-order valence-electron chi connectivity index (χ2n) is 5.22. The van der Waals surface area contributed by atoms with E-state index in [9.17, 15) is 0 Å². The van der Waals surface area contributed by atoms with E-state index in [4.69, 9.17) is 14.2 Å². The second kappa shape index (κ2) is 10.5. The minimum absolute atomic E-state index is 0.0596. The van der Waals surface area contributed by atoms with Crippen LogP contribution in [0.3, 0.4) is 0 Å². The van der Waals surface area contributed by atoms with Gasteiger partial charge in [0.2, 0.25) is 0 Å². The van der Waals surface area contributed by atoms with Crippen LogP contribution < -0.4 is 0 Å². The van der Waals surface area contributed by atoms with Crippen molar-refractivity contribution in [3.63, 3.8) is 0 Å². The quantitative estimate of drug-likeness (QED) is 0.559. The molecule has 0 aliphatic heterocycles. The molecule has 23 heavy (non-hydrogen) atoms. The molecule has 6 heteroatoms. The van der Waals surface area contributed by atoms with Crippen molar-refractivity contribution >= 4 is 15.9 Å². The van der Waals surface area contributed by atoms with Gasteiger partial charge in [-0.1, -0.05) is 30.3 Å². The fraction of sp³-hybridized carbons (Fsp3) is 0.471. The van der Waals surface area contributed by atoms with Crippen LogP contribution in [0, 0.1) is 0 Å². The van der Waals surface area contributed by atoms with Gasteiger partial charge in [-0.05, 0) is 28.4 Å². The second-order valence-corrected chi connectivity index (χ2v) is 6.13. The molecule has 1 heterocycles. The standard InChI is InChI=1S/C17H23BrN2O3/c1-15(13-22-14-16-5-3-2-4-6-16)23-10-9-21-8-7-20-12-17(18)11-19-20/h2-6,11-12,15H,7-10,13-14H2,1H3/t15-/m0/s1. The summed E-state index contributed by atoms with van der Waals surface area (Å²) in [6, 6.07) is 10.1. The number of nitrogens with zero attached hydrogens (tertiary/aromatic N) is 2. The van der Waals surface area contributed by atoms with Crippen molar-refractivity contribution in [3.8, 4) is 0 Å². The summed E-state index contributed by atoms with van der Waals surface area (Å²) in [5.41, 5.74) is 1.17. The van der Waals surface area contributed by atoms with Gasteiger partial charge in [-0.25, -0.2) is 0 Å². The Hall–Kier alpha value is -1.21. The molecule has 0 saturated heterocycles. The van der Waals surface area contributed by atoms with E-state index in [1.54, 1.807) is 6.20 Å². The molecular formula is C17H23BrN2O3. The zero-order valence-corrected chi connectivity index (χ0v) is 14.9. The van der Waals surface area contributed by atoms with Crippen LogP contribution in [0.25, 0.3) is 0 Å². The van der Waals surface area contributed by atoms with Gasteiger partial charge in [-0.3, -0.25) is 4.68 Å². The number of hydrogen-bond acceptors (Lipinski definition) is 4. The average molecular weight is 383 g/mol. The summed E-state index contributed by atoms with van der Waals surface area (Å²) < 4.78 is 19.6. The predicted octanol–water partition coefficient (Wildman–Crippen LogP) is 3.28. The summed E-state index contributed by atoms with van der Waals surface area (Å²) in [5.74, 6) is 0. The monoisotopic (exact) mass is 382 g/mol. The Morgan fingerprint density at radius 2 is 1.96 bits per heavy atom. The van der Waals surface area contributed by atoms with Gasteiger partial charge >= 0.3 is 0 Å². The van der Waals surface area contributed by atoms with Crippen molar-refractivity contribution in [3.05, 3.63) is 52.8 Å². The first-order chi connectivity index (χ1) is 11.2. The smallest absolute Gasteiger partial charge is 0.0781 e. The van der Waals surface area contributed by atoms with Gasteiger partial charge in [0.25, 0.3) is 0 Å². The molecule has 5 nitrogen and oxygen atoms in total. The van der Waals surface area contributed by atoms with Crippen LogP contribution in [-0.4, -0.2) is 42.3 Å². The molecule has 0 aliphatic rings. The van der Waals surface area contributed by atoms with Gasteiger partial charge in [0.05, 0.1) is 56.4 Å². The van der Waals surface area contributed by atoms with Crippen molar-refractivity contribution in [1.29, 1.82) is 0 Å². The van der Waals surface area contributed by atoms with Crippen LogP contribution in [0.15, 0.2) is 47.2 Å². The zero-order chi connectivity index (χ0) is 16.3. The summed E-state index contributed by atoms with van der Waals surface area (Å²) in [7, 11) is 0. The van der Waals surface area contributed by atoms with Gasteiger partial charge in [-0.15, -0.1) is 0 Å². The first kappa shape index (κ1) is 18.1. The molecule has 0 unspecified atom stereocenters. The van der Waals surface area contributed by atoms with Crippen molar-refractivity contribution < 1.29 is 14.2 Å². The number of aromatic nitrogens is 2. The number of ether oxygens (including phenoxy) is 3. The molecule has 0 fully saturated rings. The summed E-state index contributed by atoms with van der Waals surface area (Å²) in [6.07, 6.45) is 3.75. The molecule has 1 aromatic heterocycles. The molecule has 0 aliphatic carbocycles. The molecule has 126 valence electrons. The van der Waals surface area contributed by atoms with E-state index >= 15 is 0 Å². The van der Waals surface area contributed by atoms with Crippen LogP contribution in [0.5, 0.6) is 0 Å². The van der Waals surface area contributed by atoms with E-state index in [0.717, 1.165) is 11.0 Å². The number of hydrogen-bond donors (Lipinski definition) is 0. The van der Waals surface area contributed by atoms with Crippen LogP contribution in [-0.2, 0) is 27.4 Å². The molecule has 0 spiro atoms. The number of benzene rings is 1. The van der Waals surface area contributed by atoms with Crippen LogP contribution in [0.1, 0.15) is 12.5 Å². The maximum absolute atomic E-state index is 5.66. The lowest BCUT2D eigenvalue weighted by Crippen LogP contribution is -2.19. The minimum Gasteiger partial charge on any atom is -0.377 e. The van der Waals surface area contributed by atoms with Gasteiger partial charge in [-0.2, -0.15) is 5.10 Å². The van der Waals surface area contributed by atoms with Crippen molar-refractivity contribution in [2.75, 3.05) is 26.4 Å². The van der Waals surface area contributed by atoms with Crippen LogP contribution >= 0.6 is 15.9 Å². The Labute approximate surface area is 145 Å². The van der Waals surface area contributed by atoms with Crippen molar-refractivity contribution in [2.24, 2.45) is 0 Å². The first-order valence-electron chi connectivity index (χ1n) is 7.73. The van der Waals surface area contributed by atoms with E-state index < -0.39 is 0 Å². The van der Waals surface area contributed by atoms with E-state index in [0.29, 0.717) is 33.0 Å². The van der Waals surface area contributed by atoms with Gasteiger partial charge in [0.1, 0.15) is 0 Å². The summed E-state index contributed by atoms with van der Waals surface area (Å²) >= 11 is 3.36. The van der Waals surface area contributed by atoms with E-state index in [1.807, 2.05) is 36.0 Å². The topological polar surface area (TPSA) is 45.5 Å². The Morgan fingerprint density at radius 1 is 1.13 bits per heavy atom. The Kier molecular flexibility index (Phi) is 8.31. The average Bonchev–Trinajstić information content (AvgIpc) is 2.97. The summed E-state index contributed by atoms with van der Waals surface area (Å²) in [4.78, 5) is 0. The lowest BCUT2D eigenvalue weighted by Gasteiger charge is -2.13. The largest absolute Gasteiger partial charge is 0.377 e.